The first-order valence-corrected chi connectivity index (χ1v) is 7.52. The monoisotopic (exact) mass is 268 g/mol. The van der Waals surface area contributed by atoms with Crippen LogP contribution in [0.4, 0.5) is 0 Å². The molecular weight excluding hydrogens is 244 g/mol. The SMILES string of the molecule is O=C(O)C1CC2CCC(C1)N2CCN1CCOCC1. The number of rotatable bonds is 4. The van der Waals surface area contributed by atoms with Crippen molar-refractivity contribution in [2.75, 3.05) is 39.4 Å². The van der Waals surface area contributed by atoms with Gasteiger partial charge < -0.3 is 9.84 Å². The Kier molecular flexibility index (Phi) is 4.05. The fourth-order valence-electron chi connectivity index (χ4n) is 3.92. The molecule has 0 aromatic heterocycles. The Balaban J connectivity index is 1.51. The standard InChI is InChI=1S/C14H24N2O3/c17-14(18)11-9-12-1-2-13(10-11)16(12)4-3-15-5-7-19-8-6-15/h11-13H,1-10H2,(H,17,18). The maximum Gasteiger partial charge on any atom is 0.306 e. The van der Waals surface area contributed by atoms with E-state index in [2.05, 4.69) is 9.80 Å². The normalized spacial score (nSPS) is 36.5. The van der Waals surface area contributed by atoms with E-state index in [4.69, 9.17) is 4.74 Å². The van der Waals surface area contributed by atoms with Gasteiger partial charge in [0.25, 0.3) is 0 Å². The number of piperidine rings is 1. The zero-order chi connectivity index (χ0) is 13.2. The third kappa shape index (κ3) is 2.93. The lowest BCUT2D eigenvalue weighted by Crippen LogP contribution is -2.48. The number of aliphatic carboxylic acids is 1. The van der Waals surface area contributed by atoms with Gasteiger partial charge in [-0.15, -0.1) is 0 Å². The van der Waals surface area contributed by atoms with Crippen LogP contribution in [0.5, 0.6) is 0 Å². The first kappa shape index (κ1) is 13.3. The van der Waals surface area contributed by atoms with Crippen molar-refractivity contribution in [1.82, 2.24) is 9.80 Å². The molecule has 3 heterocycles. The maximum atomic E-state index is 11.1. The summed E-state index contributed by atoms with van der Waals surface area (Å²) < 4.78 is 5.37. The second-order valence-electron chi connectivity index (χ2n) is 6.08. The predicted molar refractivity (Wildman–Crippen MR) is 71.1 cm³/mol. The molecule has 1 N–H and O–H groups in total. The van der Waals surface area contributed by atoms with Crippen LogP contribution in [-0.4, -0.2) is 72.4 Å². The molecule has 2 unspecified atom stereocenters. The molecule has 0 spiro atoms. The average molecular weight is 268 g/mol. The minimum atomic E-state index is -0.593. The van der Waals surface area contributed by atoms with E-state index in [0.29, 0.717) is 12.1 Å². The number of carbonyl (C=O) groups is 1. The van der Waals surface area contributed by atoms with Gasteiger partial charge in [-0.3, -0.25) is 14.6 Å². The number of carboxylic acid groups (broad SMARTS) is 1. The summed E-state index contributed by atoms with van der Waals surface area (Å²) in [7, 11) is 0. The summed E-state index contributed by atoms with van der Waals surface area (Å²) in [6, 6.07) is 1.03. The van der Waals surface area contributed by atoms with Gasteiger partial charge in [0.05, 0.1) is 19.1 Å². The second-order valence-corrected chi connectivity index (χ2v) is 6.08. The molecule has 0 radical (unpaired) electrons. The van der Waals surface area contributed by atoms with Crippen LogP contribution in [0.1, 0.15) is 25.7 Å². The van der Waals surface area contributed by atoms with Crippen LogP contribution in [0.25, 0.3) is 0 Å². The van der Waals surface area contributed by atoms with Gasteiger partial charge in [-0.2, -0.15) is 0 Å². The van der Waals surface area contributed by atoms with Crippen molar-refractivity contribution in [2.24, 2.45) is 5.92 Å². The fraction of sp³-hybridized carbons (Fsp3) is 0.929. The van der Waals surface area contributed by atoms with E-state index in [1.54, 1.807) is 0 Å². The Bertz CT molecular complexity index is 317. The van der Waals surface area contributed by atoms with Crippen molar-refractivity contribution >= 4 is 5.97 Å². The summed E-state index contributed by atoms with van der Waals surface area (Å²) in [6.45, 7) is 6.00. The van der Waals surface area contributed by atoms with Crippen molar-refractivity contribution in [1.29, 1.82) is 0 Å². The van der Waals surface area contributed by atoms with Gasteiger partial charge >= 0.3 is 5.97 Å². The molecule has 0 aromatic carbocycles. The summed E-state index contributed by atoms with van der Waals surface area (Å²) >= 11 is 0. The lowest BCUT2D eigenvalue weighted by molar-refractivity contribution is -0.144. The molecule has 3 aliphatic rings. The Hall–Kier alpha value is -0.650. The molecule has 0 aliphatic carbocycles. The van der Waals surface area contributed by atoms with E-state index in [1.165, 1.54) is 12.8 Å². The smallest absolute Gasteiger partial charge is 0.306 e. The number of fused-ring (bicyclic) bond motifs is 2. The van der Waals surface area contributed by atoms with Crippen molar-refractivity contribution < 1.29 is 14.6 Å². The molecule has 0 saturated carbocycles. The van der Waals surface area contributed by atoms with Crippen LogP contribution in [-0.2, 0) is 9.53 Å². The Morgan fingerprint density at radius 3 is 2.32 bits per heavy atom. The summed E-state index contributed by atoms with van der Waals surface area (Å²) in [6.07, 6.45) is 4.10. The number of carboxylic acids is 1. The minimum absolute atomic E-state index is 0.0999. The van der Waals surface area contributed by atoms with Gasteiger partial charge in [0, 0.05) is 38.3 Å². The molecule has 19 heavy (non-hydrogen) atoms. The summed E-state index contributed by atoms with van der Waals surface area (Å²) in [5.41, 5.74) is 0. The van der Waals surface area contributed by atoms with E-state index >= 15 is 0 Å². The van der Waals surface area contributed by atoms with E-state index < -0.39 is 5.97 Å². The molecule has 5 nitrogen and oxygen atoms in total. The quantitative estimate of drug-likeness (QED) is 0.811. The zero-order valence-corrected chi connectivity index (χ0v) is 11.5. The number of nitrogens with zero attached hydrogens (tertiary/aromatic N) is 2. The van der Waals surface area contributed by atoms with Crippen LogP contribution in [0.3, 0.4) is 0 Å². The lowest BCUT2D eigenvalue weighted by atomic mass is 9.91. The van der Waals surface area contributed by atoms with Crippen molar-refractivity contribution in [2.45, 2.75) is 37.8 Å². The Morgan fingerprint density at radius 2 is 1.74 bits per heavy atom. The van der Waals surface area contributed by atoms with Gasteiger partial charge in [-0.1, -0.05) is 0 Å². The van der Waals surface area contributed by atoms with Gasteiger partial charge in [0.15, 0.2) is 0 Å². The summed E-state index contributed by atoms with van der Waals surface area (Å²) in [4.78, 5) is 16.2. The third-order valence-electron chi connectivity index (χ3n) is 5.01. The highest BCUT2D eigenvalue weighted by molar-refractivity contribution is 5.70. The van der Waals surface area contributed by atoms with Gasteiger partial charge in [-0.05, 0) is 25.7 Å². The average Bonchev–Trinajstić information content (AvgIpc) is 2.66. The molecule has 3 fully saturated rings. The highest BCUT2D eigenvalue weighted by Gasteiger charge is 2.42. The fourth-order valence-corrected chi connectivity index (χ4v) is 3.92. The highest BCUT2D eigenvalue weighted by atomic mass is 16.5. The van der Waals surface area contributed by atoms with E-state index in [9.17, 15) is 9.90 Å². The van der Waals surface area contributed by atoms with Gasteiger partial charge in [-0.25, -0.2) is 0 Å². The molecule has 5 heteroatoms. The molecule has 108 valence electrons. The topological polar surface area (TPSA) is 53.0 Å². The number of hydrogen-bond donors (Lipinski definition) is 1. The zero-order valence-electron chi connectivity index (χ0n) is 11.5. The molecule has 0 aromatic rings. The lowest BCUT2D eigenvalue weighted by Gasteiger charge is -2.39. The Labute approximate surface area is 114 Å². The molecule has 3 rings (SSSR count). The van der Waals surface area contributed by atoms with Crippen LogP contribution < -0.4 is 0 Å². The van der Waals surface area contributed by atoms with Crippen LogP contribution in [0.2, 0.25) is 0 Å². The predicted octanol–water partition coefficient (Wildman–Crippen LogP) is 0.646. The van der Waals surface area contributed by atoms with Crippen LogP contribution in [0, 0.1) is 5.92 Å². The van der Waals surface area contributed by atoms with Crippen LogP contribution >= 0.6 is 0 Å². The highest BCUT2D eigenvalue weighted by Crippen LogP contribution is 2.38. The summed E-state index contributed by atoms with van der Waals surface area (Å²) in [5.74, 6) is -0.693. The molecule has 2 atom stereocenters. The molecule has 3 aliphatic heterocycles. The second kappa shape index (κ2) is 5.77. The minimum Gasteiger partial charge on any atom is -0.481 e. The molecule has 3 saturated heterocycles. The number of hydrogen-bond acceptors (Lipinski definition) is 4. The van der Waals surface area contributed by atoms with E-state index in [-0.39, 0.29) is 5.92 Å². The maximum absolute atomic E-state index is 11.1. The van der Waals surface area contributed by atoms with Crippen LogP contribution in [0.15, 0.2) is 0 Å². The van der Waals surface area contributed by atoms with Gasteiger partial charge in [0.2, 0.25) is 0 Å². The van der Waals surface area contributed by atoms with Crippen molar-refractivity contribution in [3.05, 3.63) is 0 Å². The van der Waals surface area contributed by atoms with Crippen molar-refractivity contribution in [3.8, 4) is 0 Å². The Morgan fingerprint density at radius 1 is 1.11 bits per heavy atom. The van der Waals surface area contributed by atoms with E-state index in [0.717, 1.165) is 52.2 Å². The third-order valence-corrected chi connectivity index (χ3v) is 5.01. The first-order valence-electron chi connectivity index (χ1n) is 7.52. The molecule has 2 bridgehead atoms. The largest absolute Gasteiger partial charge is 0.481 e. The summed E-state index contributed by atoms with van der Waals surface area (Å²) in [5, 5.41) is 9.18. The van der Waals surface area contributed by atoms with Gasteiger partial charge in [0.1, 0.15) is 0 Å². The molecule has 0 amide bonds. The van der Waals surface area contributed by atoms with E-state index in [1.807, 2.05) is 0 Å². The van der Waals surface area contributed by atoms with Crippen molar-refractivity contribution in [3.63, 3.8) is 0 Å². The number of ether oxygens (including phenoxy) is 1. The molecular formula is C14H24N2O3. The first-order chi connectivity index (χ1) is 9.24. The number of morpholine rings is 1.